The molecule has 0 aromatic carbocycles. The van der Waals surface area contributed by atoms with Crippen LogP contribution in [0.25, 0.3) is 0 Å². The fourth-order valence-corrected chi connectivity index (χ4v) is 2.45. The standard InChI is InChI=1S/C17H20N4O5/c1-5-7-13-12(16(25)26-6-2)9-18-17(19-13)20(11(4)22)21-14(23)8-10(3)15(21)24/h8-9H,5-7H2,1-4H3. The lowest BCUT2D eigenvalue weighted by Gasteiger charge is -2.27. The topological polar surface area (TPSA) is 110 Å². The summed E-state index contributed by atoms with van der Waals surface area (Å²) in [7, 11) is 0. The van der Waals surface area contributed by atoms with Gasteiger partial charge in [0.1, 0.15) is 0 Å². The van der Waals surface area contributed by atoms with Crippen LogP contribution < -0.4 is 5.01 Å². The predicted octanol–water partition coefficient (Wildman–Crippen LogP) is 1.19. The van der Waals surface area contributed by atoms with E-state index in [2.05, 4.69) is 9.97 Å². The Morgan fingerprint density at radius 1 is 1.27 bits per heavy atom. The summed E-state index contributed by atoms with van der Waals surface area (Å²) in [5.41, 5.74) is 0.776. The molecule has 0 fully saturated rings. The van der Waals surface area contributed by atoms with Crippen LogP contribution in [0.1, 0.15) is 50.2 Å². The molecular formula is C17H20N4O5. The molecule has 0 bridgehead atoms. The van der Waals surface area contributed by atoms with Gasteiger partial charge in [0.2, 0.25) is 5.91 Å². The van der Waals surface area contributed by atoms with Crippen LogP contribution in [0.5, 0.6) is 0 Å². The minimum Gasteiger partial charge on any atom is -0.462 e. The zero-order chi connectivity index (χ0) is 19.4. The van der Waals surface area contributed by atoms with E-state index in [-0.39, 0.29) is 23.7 Å². The number of ether oxygens (including phenoxy) is 1. The van der Waals surface area contributed by atoms with Gasteiger partial charge in [-0.1, -0.05) is 13.3 Å². The van der Waals surface area contributed by atoms with E-state index in [9.17, 15) is 19.2 Å². The van der Waals surface area contributed by atoms with Gasteiger partial charge in [0.25, 0.3) is 17.8 Å². The summed E-state index contributed by atoms with van der Waals surface area (Å²) in [6, 6.07) is 0. The monoisotopic (exact) mass is 360 g/mol. The first-order valence-electron chi connectivity index (χ1n) is 8.22. The minimum atomic E-state index is -0.655. The Morgan fingerprint density at radius 3 is 2.46 bits per heavy atom. The highest BCUT2D eigenvalue weighted by molar-refractivity contribution is 6.19. The summed E-state index contributed by atoms with van der Waals surface area (Å²) in [6.45, 7) is 6.46. The highest BCUT2D eigenvalue weighted by Gasteiger charge is 2.37. The van der Waals surface area contributed by atoms with Crippen molar-refractivity contribution in [1.82, 2.24) is 15.0 Å². The Bertz CT molecular complexity index is 802. The van der Waals surface area contributed by atoms with Crippen molar-refractivity contribution in [1.29, 1.82) is 0 Å². The van der Waals surface area contributed by atoms with Crippen LogP contribution in [0.3, 0.4) is 0 Å². The lowest BCUT2D eigenvalue weighted by Crippen LogP contribution is -2.50. The maximum atomic E-state index is 12.2. The van der Waals surface area contributed by atoms with Crippen molar-refractivity contribution in [2.24, 2.45) is 0 Å². The van der Waals surface area contributed by atoms with E-state index in [0.29, 0.717) is 23.5 Å². The summed E-state index contributed by atoms with van der Waals surface area (Å²) < 4.78 is 4.98. The second-order valence-corrected chi connectivity index (χ2v) is 5.61. The molecule has 0 N–H and O–H groups in total. The molecule has 2 heterocycles. The molecule has 1 aliphatic rings. The Kier molecular flexibility index (Phi) is 5.81. The van der Waals surface area contributed by atoms with Gasteiger partial charge in [0.05, 0.1) is 17.9 Å². The zero-order valence-electron chi connectivity index (χ0n) is 15.1. The Hall–Kier alpha value is -3.10. The van der Waals surface area contributed by atoms with E-state index in [1.165, 1.54) is 20.0 Å². The van der Waals surface area contributed by atoms with E-state index in [0.717, 1.165) is 11.1 Å². The number of amides is 3. The van der Waals surface area contributed by atoms with E-state index in [4.69, 9.17) is 4.74 Å². The Labute approximate surface area is 150 Å². The first kappa shape index (κ1) is 19.2. The number of aryl methyl sites for hydroxylation is 1. The number of hydrazine groups is 1. The highest BCUT2D eigenvalue weighted by Crippen LogP contribution is 2.21. The van der Waals surface area contributed by atoms with Crippen molar-refractivity contribution in [3.05, 3.63) is 29.1 Å². The lowest BCUT2D eigenvalue weighted by atomic mass is 10.1. The highest BCUT2D eigenvalue weighted by atomic mass is 16.5. The van der Waals surface area contributed by atoms with Gasteiger partial charge >= 0.3 is 5.97 Å². The smallest absolute Gasteiger partial charge is 0.341 e. The second-order valence-electron chi connectivity index (χ2n) is 5.61. The van der Waals surface area contributed by atoms with Crippen LogP contribution in [0.2, 0.25) is 0 Å². The van der Waals surface area contributed by atoms with Crippen molar-refractivity contribution in [2.45, 2.75) is 40.5 Å². The summed E-state index contributed by atoms with van der Waals surface area (Å²) in [5.74, 6) is -2.61. The van der Waals surface area contributed by atoms with Crippen LogP contribution in [-0.4, -0.2) is 45.3 Å². The number of imide groups is 1. The maximum Gasteiger partial charge on any atom is 0.341 e. The number of nitrogens with zero attached hydrogens (tertiary/aromatic N) is 4. The number of aromatic nitrogens is 2. The average Bonchev–Trinajstić information content (AvgIpc) is 2.82. The van der Waals surface area contributed by atoms with E-state index < -0.39 is 23.7 Å². The molecule has 138 valence electrons. The molecule has 0 spiro atoms. The molecule has 1 aromatic rings. The quantitative estimate of drug-likeness (QED) is 0.553. The first-order chi connectivity index (χ1) is 12.3. The third kappa shape index (κ3) is 3.61. The zero-order valence-corrected chi connectivity index (χ0v) is 15.1. The fraction of sp³-hybridized carbons (Fsp3) is 0.412. The van der Waals surface area contributed by atoms with Gasteiger partial charge in [-0.2, -0.15) is 10.0 Å². The molecule has 3 amide bonds. The molecule has 0 radical (unpaired) electrons. The van der Waals surface area contributed by atoms with Crippen LogP contribution in [-0.2, 0) is 25.5 Å². The molecular weight excluding hydrogens is 340 g/mol. The number of hydrogen-bond donors (Lipinski definition) is 0. The van der Waals surface area contributed by atoms with Crippen molar-refractivity contribution in [3.63, 3.8) is 0 Å². The number of rotatable bonds is 6. The number of carbonyl (C=O) groups excluding carboxylic acids is 4. The maximum absolute atomic E-state index is 12.2. The average molecular weight is 360 g/mol. The first-order valence-corrected chi connectivity index (χ1v) is 8.22. The summed E-state index contributed by atoms with van der Waals surface area (Å²) in [5, 5.41) is 1.50. The number of carbonyl (C=O) groups is 4. The van der Waals surface area contributed by atoms with Crippen molar-refractivity contribution < 1.29 is 23.9 Å². The molecule has 2 rings (SSSR count). The lowest BCUT2D eigenvalue weighted by molar-refractivity contribution is -0.142. The molecule has 1 aromatic heterocycles. The van der Waals surface area contributed by atoms with E-state index in [1.54, 1.807) is 6.92 Å². The largest absolute Gasteiger partial charge is 0.462 e. The molecule has 26 heavy (non-hydrogen) atoms. The fourth-order valence-electron chi connectivity index (χ4n) is 2.45. The van der Waals surface area contributed by atoms with Gasteiger partial charge in [0, 0.05) is 24.8 Å². The van der Waals surface area contributed by atoms with Gasteiger partial charge in [-0.05, 0) is 20.3 Å². The molecule has 0 saturated heterocycles. The van der Waals surface area contributed by atoms with Crippen LogP contribution in [0, 0.1) is 0 Å². The van der Waals surface area contributed by atoms with Crippen molar-refractivity contribution >= 4 is 29.6 Å². The van der Waals surface area contributed by atoms with Crippen molar-refractivity contribution in [2.75, 3.05) is 11.6 Å². The van der Waals surface area contributed by atoms with Crippen LogP contribution >= 0.6 is 0 Å². The second kappa shape index (κ2) is 7.85. The molecule has 9 nitrogen and oxygen atoms in total. The van der Waals surface area contributed by atoms with E-state index in [1.807, 2.05) is 6.92 Å². The summed E-state index contributed by atoms with van der Waals surface area (Å²) in [6.07, 6.45) is 3.50. The predicted molar refractivity (Wildman–Crippen MR) is 90.8 cm³/mol. The molecule has 9 heteroatoms. The Morgan fingerprint density at radius 2 is 1.96 bits per heavy atom. The molecule has 0 aliphatic carbocycles. The molecule has 1 aliphatic heterocycles. The SMILES string of the molecule is CCCc1nc(N(C(C)=O)N2C(=O)C=C(C)C2=O)ncc1C(=O)OCC. The number of hydrogen-bond acceptors (Lipinski definition) is 7. The number of anilines is 1. The summed E-state index contributed by atoms with van der Waals surface area (Å²) >= 11 is 0. The van der Waals surface area contributed by atoms with Crippen LogP contribution in [0.4, 0.5) is 5.95 Å². The van der Waals surface area contributed by atoms with Crippen molar-refractivity contribution in [3.8, 4) is 0 Å². The third-order valence-corrected chi connectivity index (χ3v) is 3.60. The van der Waals surface area contributed by atoms with E-state index >= 15 is 0 Å². The third-order valence-electron chi connectivity index (χ3n) is 3.60. The molecule has 0 saturated carbocycles. The minimum absolute atomic E-state index is 0.154. The van der Waals surface area contributed by atoms with Gasteiger partial charge < -0.3 is 4.74 Å². The van der Waals surface area contributed by atoms with Gasteiger partial charge in [-0.3, -0.25) is 14.4 Å². The van der Waals surface area contributed by atoms with Gasteiger partial charge in [-0.15, -0.1) is 0 Å². The molecule has 0 atom stereocenters. The van der Waals surface area contributed by atoms with Gasteiger partial charge in [-0.25, -0.2) is 14.8 Å². The van der Waals surface area contributed by atoms with Crippen LogP contribution in [0.15, 0.2) is 17.8 Å². The normalized spacial score (nSPS) is 13.7. The molecule has 0 unspecified atom stereocenters. The summed E-state index contributed by atoms with van der Waals surface area (Å²) in [4.78, 5) is 56.7. The Balaban J connectivity index is 2.49. The van der Waals surface area contributed by atoms with Gasteiger partial charge in [0.15, 0.2) is 0 Å². The number of esters is 1.